The first-order valence-corrected chi connectivity index (χ1v) is 11.4. The summed E-state index contributed by atoms with van der Waals surface area (Å²) in [6.07, 6.45) is 1.85. The van der Waals surface area contributed by atoms with Gasteiger partial charge in [-0.3, -0.25) is 4.79 Å². The summed E-state index contributed by atoms with van der Waals surface area (Å²) in [7, 11) is 0. The Bertz CT molecular complexity index is 1190. The number of nitrogens with zero attached hydrogens (tertiary/aromatic N) is 2. The Morgan fingerprint density at radius 2 is 1.85 bits per heavy atom. The normalized spacial score (nSPS) is 11.2. The van der Waals surface area contributed by atoms with Crippen LogP contribution in [0.2, 0.25) is 0 Å². The van der Waals surface area contributed by atoms with Crippen LogP contribution in [0.5, 0.6) is 5.75 Å². The van der Waals surface area contributed by atoms with Gasteiger partial charge in [0, 0.05) is 5.56 Å². The van der Waals surface area contributed by atoms with E-state index in [9.17, 15) is 10.1 Å². The van der Waals surface area contributed by atoms with Crippen molar-refractivity contribution in [3.63, 3.8) is 0 Å². The van der Waals surface area contributed by atoms with Crippen molar-refractivity contribution in [2.75, 3.05) is 0 Å². The summed E-state index contributed by atoms with van der Waals surface area (Å²) in [5, 5.41) is 13.3. The highest BCUT2D eigenvalue weighted by Crippen LogP contribution is 2.27. The number of hydrogen-bond acceptors (Lipinski definition) is 4. The van der Waals surface area contributed by atoms with Crippen LogP contribution in [-0.2, 0) is 23.2 Å². The second-order valence-corrected chi connectivity index (χ2v) is 9.52. The largest absolute Gasteiger partial charge is 0.488 e. The van der Waals surface area contributed by atoms with E-state index >= 15 is 0 Å². The Kier molecular flexibility index (Phi) is 8.02. The quantitative estimate of drug-likeness (QED) is 0.322. The molecule has 0 heterocycles. The van der Waals surface area contributed by atoms with Crippen molar-refractivity contribution in [2.45, 2.75) is 39.2 Å². The number of nitrogens with one attached hydrogen (secondary N) is 1. The molecule has 1 amide bonds. The third-order valence-electron chi connectivity index (χ3n) is 5.06. The number of amides is 1. The predicted molar refractivity (Wildman–Crippen MR) is 134 cm³/mol. The summed E-state index contributed by atoms with van der Waals surface area (Å²) >= 11 is 3.50. The number of hydrazone groups is 1. The molecule has 6 heteroatoms. The molecule has 0 bridgehead atoms. The Morgan fingerprint density at radius 3 is 2.52 bits per heavy atom. The molecule has 0 unspecified atom stereocenters. The fraction of sp³-hybridized carbons (Fsp3) is 0.222. The molecule has 0 fully saturated rings. The molecule has 0 radical (unpaired) electrons. The Balaban J connectivity index is 1.53. The molecular formula is C27H26BrN3O2. The number of rotatable bonds is 7. The van der Waals surface area contributed by atoms with Gasteiger partial charge in [0.05, 0.1) is 28.7 Å². The van der Waals surface area contributed by atoms with Crippen LogP contribution in [0.4, 0.5) is 0 Å². The average Bonchev–Trinajstić information content (AvgIpc) is 2.78. The lowest BCUT2D eigenvalue weighted by Crippen LogP contribution is -2.20. The Hall–Kier alpha value is -3.43. The van der Waals surface area contributed by atoms with Crippen molar-refractivity contribution < 1.29 is 9.53 Å². The minimum atomic E-state index is -0.176. The van der Waals surface area contributed by atoms with Crippen molar-refractivity contribution in [2.24, 2.45) is 5.10 Å². The molecule has 5 nitrogen and oxygen atoms in total. The van der Waals surface area contributed by atoms with E-state index in [1.807, 2.05) is 48.5 Å². The van der Waals surface area contributed by atoms with Gasteiger partial charge in [-0.05, 0) is 62.3 Å². The number of carbonyl (C=O) groups excluding carboxylic acids is 1. The first kappa shape index (κ1) is 24.2. The predicted octanol–water partition coefficient (Wildman–Crippen LogP) is 5.89. The van der Waals surface area contributed by atoms with Gasteiger partial charge in [0.15, 0.2) is 0 Å². The highest BCUT2D eigenvalue weighted by Gasteiger charge is 2.13. The average molecular weight is 504 g/mol. The Labute approximate surface area is 203 Å². The first-order chi connectivity index (χ1) is 15.8. The van der Waals surface area contributed by atoms with Gasteiger partial charge in [-0.2, -0.15) is 10.4 Å². The second-order valence-electron chi connectivity index (χ2n) is 8.66. The lowest BCUT2D eigenvalue weighted by Gasteiger charge is -2.19. The van der Waals surface area contributed by atoms with Crippen LogP contribution in [-0.4, -0.2) is 12.1 Å². The summed E-state index contributed by atoms with van der Waals surface area (Å²) in [4.78, 5) is 12.2. The van der Waals surface area contributed by atoms with Gasteiger partial charge in [0.25, 0.3) is 0 Å². The van der Waals surface area contributed by atoms with Crippen LogP contribution in [0.1, 0.15) is 48.6 Å². The van der Waals surface area contributed by atoms with Gasteiger partial charge in [0.1, 0.15) is 12.4 Å². The van der Waals surface area contributed by atoms with Crippen LogP contribution in [0, 0.1) is 11.3 Å². The van der Waals surface area contributed by atoms with E-state index in [-0.39, 0.29) is 17.7 Å². The fourth-order valence-corrected chi connectivity index (χ4v) is 3.66. The number of hydrogen-bond donors (Lipinski definition) is 1. The second kappa shape index (κ2) is 10.9. The standard InChI is InChI=1S/C27H26BrN3O2/c1-27(2,3)23-11-8-19(9-12-23)15-26(32)31-30-17-20-10-13-25(24(28)14-20)33-18-22-7-5-4-6-21(22)16-29/h4-14,17H,15,18H2,1-3H3,(H,31,32). The van der Waals surface area contributed by atoms with Crippen molar-refractivity contribution in [3.8, 4) is 11.8 Å². The molecule has 0 aliphatic rings. The summed E-state index contributed by atoms with van der Waals surface area (Å²) in [5.41, 5.74) is 7.06. The number of carbonyl (C=O) groups is 1. The molecule has 3 aromatic carbocycles. The Morgan fingerprint density at radius 1 is 1.12 bits per heavy atom. The van der Waals surface area contributed by atoms with Crippen LogP contribution >= 0.6 is 15.9 Å². The number of halogens is 1. The van der Waals surface area contributed by atoms with E-state index in [1.165, 1.54) is 5.56 Å². The molecule has 1 N–H and O–H groups in total. The van der Waals surface area contributed by atoms with Crippen LogP contribution < -0.4 is 10.2 Å². The molecule has 0 saturated heterocycles. The van der Waals surface area contributed by atoms with E-state index in [0.717, 1.165) is 21.2 Å². The minimum absolute atomic E-state index is 0.0844. The number of ether oxygens (including phenoxy) is 1. The first-order valence-electron chi connectivity index (χ1n) is 10.6. The summed E-state index contributed by atoms with van der Waals surface area (Å²) in [6, 6.07) is 23.1. The van der Waals surface area contributed by atoms with Crippen LogP contribution in [0.25, 0.3) is 0 Å². The van der Waals surface area contributed by atoms with Gasteiger partial charge in [0.2, 0.25) is 5.91 Å². The molecule has 168 valence electrons. The van der Waals surface area contributed by atoms with Gasteiger partial charge < -0.3 is 4.74 Å². The molecule has 33 heavy (non-hydrogen) atoms. The third kappa shape index (κ3) is 7.03. The SMILES string of the molecule is CC(C)(C)c1ccc(CC(=O)NN=Cc2ccc(OCc3ccccc3C#N)c(Br)c2)cc1. The van der Waals surface area contributed by atoms with E-state index < -0.39 is 0 Å². The van der Waals surface area contributed by atoms with Gasteiger partial charge in [-0.1, -0.05) is 63.2 Å². The smallest absolute Gasteiger partial charge is 0.244 e. The number of benzene rings is 3. The fourth-order valence-electron chi connectivity index (χ4n) is 3.15. The molecular weight excluding hydrogens is 478 g/mol. The van der Waals surface area contributed by atoms with Crippen molar-refractivity contribution in [3.05, 3.63) is 99.0 Å². The summed E-state index contributed by atoms with van der Waals surface area (Å²) in [5.74, 6) is 0.479. The van der Waals surface area contributed by atoms with E-state index in [0.29, 0.717) is 17.9 Å². The maximum Gasteiger partial charge on any atom is 0.244 e. The summed E-state index contributed by atoms with van der Waals surface area (Å²) in [6.45, 7) is 6.78. The lowest BCUT2D eigenvalue weighted by atomic mass is 9.86. The zero-order valence-electron chi connectivity index (χ0n) is 18.9. The van der Waals surface area contributed by atoms with Gasteiger partial charge >= 0.3 is 0 Å². The zero-order valence-corrected chi connectivity index (χ0v) is 20.5. The van der Waals surface area contributed by atoms with Crippen LogP contribution in [0.15, 0.2) is 76.3 Å². The topological polar surface area (TPSA) is 74.5 Å². The molecule has 0 aromatic heterocycles. The lowest BCUT2D eigenvalue weighted by molar-refractivity contribution is -0.120. The molecule has 0 aliphatic carbocycles. The molecule has 3 aromatic rings. The van der Waals surface area contributed by atoms with Crippen molar-refractivity contribution >= 4 is 28.1 Å². The summed E-state index contributed by atoms with van der Waals surface area (Å²) < 4.78 is 6.60. The zero-order chi connectivity index (χ0) is 23.8. The molecule has 0 atom stereocenters. The highest BCUT2D eigenvalue weighted by atomic mass is 79.9. The van der Waals surface area contributed by atoms with Gasteiger partial charge in [-0.25, -0.2) is 5.43 Å². The number of nitriles is 1. The minimum Gasteiger partial charge on any atom is -0.488 e. The van der Waals surface area contributed by atoms with E-state index in [4.69, 9.17) is 4.74 Å². The monoisotopic (exact) mass is 503 g/mol. The van der Waals surface area contributed by atoms with E-state index in [2.05, 4.69) is 65.4 Å². The molecule has 3 rings (SSSR count). The maximum absolute atomic E-state index is 12.2. The third-order valence-corrected chi connectivity index (χ3v) is 5.68. The van der Waals surface area contributed by atoms with Crippen molar-refractivity contribution in [1.82, 2.24) is 5.43 Å². The van der Waals surface area contributed by atoms with Crippen LogP contribution in [0.3, 0.4) is 0 Å². The maximum atomic E-state index is 12.2. The molecule has 0 aliphatic heterocycles. The molecule has 0 spiro atoms. The van der Waals surface area contributed by atoms with Crippen molar-refractivity contribution in [1.29, 1.82) is 5.26 Å². The molecule has 0 saturated carbocycles. The highest BCUT2D eigenvalue weighted by molar-refractivity contribution is 9.10. The van der Waals surface area contributed by atoms with Gasteiger partial charge in [-0.15, -0.1) is 0 Å². The van der Waals surface area contributed by atoms with E-state index in [1.54, 1.807) is 12.3 Å².